The van der Waals surface area contributed by atoms with E-state index >= 15 is 0 Å². The monoisotopic (exact) mass is 847 g/mol. The molecule has 1 heterocycles. The maximum Gasteiger partial charge on any atom is 0.164 e. The second-order valence-electron chi connectivity index (χ2n) is 19.0. The summed E-state index contributed by atoms with van der Waals surface area (Å²) in [5.74, 6) is -0.106. The molecule has 3 aromatic carbocycles. The third-order valence-corrected chi connectivity index (χ3v) is 12.9. The summed E-state index contributed by atoms with van der Waals surface area (Å²) in [6.07, 6.45) is 1.53. The average Bonchev–Trinajstić information content (AvgIpc) is 3.88. The van der Waals surface area contributed by atoms with Crippen molar-refractivity contribution >= 4 is 0 Å². The van der Waals surface area contributed by atoms with Crippen LogP contribution in [-0.4, -0.2) is 98.4 Å². The van der Waals surface area contributed by atoms with Gasteiger partial charge in [-0.15, -0.1) is 0 Å². The third kappa shape index (κ3) is 11.4. The number of aliphatic hydroxyl groups is 2. The topological polar surface area (TPSA) is 114 Å². The first-order valence-corrected chi connectivity index (χ1v) is 21.9. The van der Waals surface area contributed by atoms with Crippen LogP contribution < -0.4 is 0 Å². The molecule has 10 heteroatoms. The molecular formula is C51H74O10. The highest BCUT2D eigenvalue weighted by molar-refractivity contribution is 5.24. The molecule has 61 heavy (non-hydrogen) atoms. The number of fused-ring (bicyclic) bond motifs is 1. The minimum atomic E-state index is -0.932. The van der Waals surface area contributed by atoms with Crippen molar-refractivity contribution < 1.29 is 48.1 Å². The molecule has 2 N–H and O–H groups in total. The van der Waals surface area contributed by atoms with Crippen molar-refractivity contribution in [3.05, 3.63) is 120 Å². The number of benzene rings is 3. The van der Waals surface area contributed by atoms with Gasteiger partial charge in [-0.3, -0.25) is 0 Å². The first-order chi connectivity index (χ1) is 28.7. The van der Waals surface area contributed by atoms with E-state index in [1.54, 1.807) is 21.3 Å². The fourth-order valence-corrected chi connectivity index (χ4v) is 9.30. The third-order valence-electron chi connectivity index (χ3n) is 12.9. The number of hydrogen-bond donors (Lipinski definition) is 2. The number of hydrogen-bond acceptors (Lipinski definition) is 10. The van der Waals surface area contributed by atoms with Crippen LogP contribution in [0.15, 0.2) is 103 Å². The van der Waals surface area contributed by atoms with Crippen LogP contribution in [0.3, 0.4) is 0 Å². The zero-order valence-corrected chi connectivity index (χ0v) is 39.0. The van der Waals surface area contributed by atoms with Crippen molar-refractivity contribution in [3.8, 4) is 0 Å². The first kappa shape index (κ1) is 49.0. The predicted molar refractivity (Wildman–Crippen MR) is 238 cm³/mol. The van der Waals surface area contributed by atoms with Gasteiger partial charge in [-0.1, -0.05) is 124 Å². The Hall–Kier alpha value is -3.00. The normalized spacial score (nSPS) is 33.1. The van der Waals surface area contributed by atoms with Gasteiger partial charge in [-0.2, -0.15) is 0 Å². The molecule has 1 aliphatic heterocycles. The van der Waals surface area contributed by atoms with E-state index in [1.807, 2.05) is 101 Å². The molecule has 7 rings (SSSR count). The lowest BCUT2D eigenvalue weighted by Crippen LogP contribution is -2.39. The molecule has 338 valence electrons. The molecular weight excluding hydrogens is 773 g/mol. The summed E-state index contributed by atoms with van der Waals surface area (Å²) in [6, 6.07) is 30.5. The van der Waals surface area contributed by atoms with Crippen LogP contribution in [0.1, 0.15) is 92.9 Å². The molecule has 10 nitrogen and oxygen atoms in total. The number of methoxy groups -OCH3 is 3. The maximum atomic E-state index is 10.2. The average molecular weight is 847 g/mol. The molecule has 0 bridgehead atoms. The van der Waals surface area contributed by atoms with E-state index in [0.29, 0.717) is 5.92 Å². The minimum absolute atomic E-state index is 0.0154. The first-order valence-electron chi connectivity index (χ1n) is 21.9. The standard InChI is InChI=1S/C19H28O4.C16H24O4.C16H22O2/c1-12-14(20-6)16-17(23-19(4,5)22-16)15(12)21-18(2,3)13-10-8-7-9-11-13;1-10-14(19-4)12(17)13(18)15(10)20-16(2,3)11-8-6-5-7-9-11;1-12-14(17-4)10-11-15(12)18-16(2,3)13-8-6-5-7-9-13/h7-12,14-17H,1-6H3;5-10,12-15,17-18H,1-4H3;5-12,14-15H,1-4H3. The smallest absolute Gasteiger partial charge is 0.164 e. The van der Waals surface area contributed by atoms with Gasteiger partial charge in [-0.25, -0.2) is 0 Å². The van der Waals surface area contributed by atoms with Gasteiger partial charge in [0.2, 0.25) is 0 Å². The van der Waals surface area contributed by atoms with E-state index in [1.165, 1.54) is 5.56 Å². The van der Waals surface area contributed by atoms with Gasteiger partial charge < -0.3 is 48.1 Å². The molecule has 3 aromatic rings. The van der Waals surface area contributed by atoms with Gasteiger partial charge in [0.05, 0.1) is 53.4 Å². The summed E-state index contributed by atoms with van der Waals surface area (Å²) in [5.41, 5.74) is 2.17. The van der Waals surface area contributed by atoms with E-state index in [-0.39, 0.29) is 54.1 Å². The Morgan fingerprint density at radius 1 is 0.459 bits per heavy atom. The summed E-state index contributed by atoms with van der Waals surface area (Å²) in [7, 11) is 5.02. The highest BCUT2D eigenvalue weighted by Crippen LogP contribution is 2.46. The lowest BCUT2D eigenvalue weighted by molar-refractivity contribution is -0.201. The van der Waals surface area contributed by atoms with Gasteiger partial charge in [0.15, 0.2) is 5.79 Å². The Labute approximate surface area is 365 Å². The Morgan fingerprint density at radius 2 is 0.820 bits per heavy atom. The van der Waals surface area contributed by atoms with Crippen LogP contribution in [0.25, 0.3) is 0 Å². The Balaban J connectivity index is 0.000000175. The van der Waals surface area contributed by atoms with Gasteiger partial charge in [0.1, 0.15) is 24.4 Å². The van der Waals surface area contributed by atoms with Crippen molar-refractivity contribution in [1.29, 1.82) is 0 Å². The van der Waals surface area contributed by atoms with Gasteiger partial charge >= 0.3 is 0 Å². The SMILES string of the molecule is COC1C(C)C(OC(C)(C)c2ccccc2)C(O)C1O.COC1C(C)C(OC(C)(C)c2ccccc2)C2OC(C)(C)OC12.COC1C=CC(OC(C)(C)c2ccccc2)C1C. The second-order valence-corrected chi connectivity index (χ2v) is 19.0. The highest BCUT2D eigenvalue weighted by Gasteiger charge is 2.59. The molecule has 2 saturated carbocycles. The Morgan fingerprint density at radius 3 is 1.21 bits per heavy atom. The summed E-state index contributed by atoms with van der Waals surface area (Å²) in [6.45, 7) is 22.5. The Kier molecular flexibility index (Phi) is 16.3. The summed E-state index contributed by atoms with van der Waals surface area (Å²) < 4.78 is 47.5. The molecule has 13 atom stereocenters. The number of rotatable bonds is 12. The van der Waals surface area contributed by atoms with Crippen molar-refractivity contribution in [1.82, 2.24) is 0 Å². The largest absolute Gasteiger partial charge is 0.388 e. The molecule has 0 aromatic heterocycles. The van der Waals surface area contributed by atoms with Gasteiger partial charge in [0, 0.05) is 39.1 Å². The molecule has 0 amide bonds. The maximum absolute atomic E-state index is 10.2. The summed E-state index contributed by atoms with van der Waals surface area (Å²) in [4.78, 5) is 0. The van der Waals surface area contributed by atoms with E-state index in [2.05, 4.69) is 78.0 Å². The lowest BCUT2D eigenvalue weighted by Gasteiger charge is -2.34. The van der Waals surface area contributed by atoms with Gasteiger partial charge in [-0.05, 0) is 72.1 Å². The highest BCUT2D eigenvalue weighted by atomic mass is 16.8. The zero-order chi connectivity index (χ0) is 44.9. The van der Waals surface area contributed by atoms with Crippen LogP contribution in [0.5, 0.6) is 0 Å². The van der Waals surface area contributed by atoms with E-state index in [9.17, 15) is 10.2 Å². The van der Waals surface area contributed by atoms with E-state index < -0.39 is 41.4 Å². The van der Waals surface area contributed by atoms with Crippen LogP contribution in [0.2, 0.25) is 0 Å². The number of aliphatic hydroxyl groups excluding tert-OH is 2. The fourth-order valence-electron chi connectivity index (χ4n) is 9.30. The van der Waals surface area contributed by atoms with Crippen molar-refractivity contribution in [3.63, 3.8) is 0 Å². The van der Waals surface area contributed by atoms with Crippen molar-refractivity contribution in [2.45, 2.75) is 160 Å². The number of ether oxygens (including phenoxy) is 8. The van der Waals surface area contributed by atoms with Crippen LogP contribution in [-0.2, 0) is 54.7 Å². The molecule has 4 aliphatic rings. The zero-order valence-electron chi connectivity index (χ0n) is 39.0. The predicted octanol–water partition coefficient (Wildman–Crippen LogP) is 8.71. The molecule has 3 aliphatic carbocycles. The summed E-state index contributed by atoms with van der Waals surface area (Å²) in [5, 5.41) is 20.2. The quantitative estimate of drug-likeness (QED) is 0.172. The molecule has 3 fully saturated rings. The van der Waals surface area contributed by atoms with E-state index in [4.69, 9.17) is 37.9 Å². The van der Waals surface area contributed by atoms with Crippen LogP contribution in [0, 0.1) is 17.8 Å². The molecule has 1 saturated heterocycles. The van der Waals surface area contributed by atoms with E-state index in [0.717, 1.165) is 11.1 Å². The molecule has 0 spiro atoms. The minimum Gasteiger partial charge on any atom is -0.388 e. The molecule has 13 unspecified atom stereocenters. The van der Waals surface area contributed by atoms with Crippen LogP contribution >= 0.6 is 0 Å². The lowest BCUT2D eigenvalue weighted by atomic mass is 9.96. The Bertz CT molecular complexity index is 1800. The molecule has 0 radical (unpaired) electrons. The van der Waals surface area contributed by atoms with Crippen molar-refractivity contribution in [2.24, 2.45) is 17.8 Å². The second kappa shape index (κ2) is 20.2. The fraction of sp³-hybridized carbons (Fsp3) is 0.608. The van der Waals surface area contributed by atoms with Crippen LogP contribution in [0.4, 0.5) is 0 Å². The van der Waals surface area contributed by atoms with Crippen molar-refractivity contribution in [2.75, 3.05) is 21.3 Å². The summed E-state index contributed by atoms with van der Waals surface area (Å²) >= 11 is 0. The van der Waals surface area contributed by atoms with Gasteiger partial charge in [0.25, 0.3) is 0 Å².